The molecule has 2 amide bonds. The summed E-state index contributed by atoms with van der Waals surface area (Å²) in [6.45, 7) is 0.853. The number of benzene rings is 3. The van der Waals surface area contributed by atoms with Crippen molar-refractivity contribution in [2.45, 2.75) is 25.5 Å². The highest BCUT2D eigenvalue weighted by atomic mass is 32.2. The molecule has 1 aliphatic rings. The zero-order valence-electron chi connectivity index (χ0n) is 21.4. The van der Waals surface area contributed by atoms with E-state index in [2.05, 4.69) is 0 Å². The van der Waals surface area contributed by atoms with E-state index in [0.29, 0.717) is 43.1 Å². The van der Waals surface area contributed by atoms with Crippen LogP contribution in [0.25, 0.3) is 0 Å². The van der Waals surface area contributed by atoms with Gasteiger partial charge in [-0.25, -0.2) is 0 Å². The van der Waals surface area contributed by atoms with Crippen molar-refractivity contribution in [3.63, 3.8) is 0 Å². The molecule has 3 aromatic carbocycles. The monoisotopic (exact) mass is 539 g/mol. The van der Waals surface area contributed by atoms with Crippen molar-refractivity contribution in [2.75, 3.05) is 27.1 Å². The molecule has 1 heterocycles. The Morgan fingerprint density at radius 2 is 1.58 bits per heavy atom. The minimum absolute atomic E-state index is 0.0753. The Hall–Kier alpha value is -3.89. The number of carbonyl (C=O) groups excluding carboxylic acids is 2. The molecule has 1 aliphatic heterocycles. The molecule has 1 atom stereocenters. The van der Waals surface area contributed by atoms with Gasteiger partial charge in [0.05, 0.1) is 44.3 Å². The largest absolute Gasteiger partial charge is 0.493 e. The Morgan fingerprint density at radius 1 is 0.842 bits per heavy atom. The normalized spacial score (nSPS) is 13.8. The van der Waals surface area contributed by atoms with Gasteiger partial charge in [-0.1, -0.05) is 42.5 Å². The SMILES string of the molecule is COc1ccc([C@@H](CCCOCc2ccccc2)N2C(=O)c3cccc(OS(C)(=O)=O)c3C2=O)cc1OC. The first-order valence-corrected chi connectivity index (χ1v) is 13.8. The topological polar surface area (TPSA) is 108 Å². The molecule has 0 aromatic heterocycles. The van der Waals surface area contributed by atoms with Crippen LogP contribution in [0.4, 0.5) is 0 Å². The second-order valence-electron chi connectivity index (χ2n) is 8.76. The summed E-state index contributed by atoms with van der Waals surface area (Å²) in [4.78, 5) is 28.3. The summed E-state index contributed by atoms with van der Waals surface area (Å²) in [6.07, 6.45) is 1.83. The van der Waals surface area contributed by atoms with Crippen LogP contribution in [0, 0.1) is 0 Å². The Labute approximate surface area is 222 Å². The fraction of sp³-hybridized carbons (Fsp3) is 0.286. The quantitative estimate of drug-likeness (QED) is 0.190. The zero-order valence-corrected chi connectivity index (χ0v) is 22.2. The van der Waals surface area contributed by atoms with Crippen LogP contribution in [-0.2, 0) is 21.5 Å². The lowest BCUT2D eigenvalue weighted by Crippen LogP contribution is -2.34. The predicted octanol–water partition coefficient (Wildman–Crippen LogP) is 4.38. The molecule has 0 radical (unpaired) electrons. The molecule has 10 heteroatoms. The van der Waals surface area contributed by atoms with Gasteiger partial charge in [-0.05, 0) is 48.2 Å². The Balaban J connectivity index is 1.62. The highest BCUT2D eigenvalue weighted by Gasteiger charge is 2.43. The summed E-state index contributed by atoms with van der Waals surface area (Å²) in [5.41, 5.74) is 1.71. The van der Waals surface area contributed by atoms with Crippen LogP contribution in [0.2, 0.25) is 0 Å². The standard InChI is InChI=1S/C28H29NO8S/c1-34-23-15-14-20(17-25(23)35-2)22(12-8-16-36-18-19-9-5-4-6-10-19)29-27(30)21-11-7-13-24(26(21)28(29)31)37-38(3,32)33/h4-7,9-11,13-15,17,22H,8,12,16,18H2,1-3H3/t22-/m1/s1. The van der Waals surface area contributed by atoms with Crippen LogP contribution in [0.3, 0.4) is 0 Å². The van der Waals surface area contributed by atoms with E-state index in [4.69, 9.17) is 18.4 Å². The van der Waals surface area contributed by atoms with E-state index in [9.17, 15) is 18.0 Å². The fourth-order valence-electron chi connectivity index (χ4n) is 4.44. The lowest BCUT2D eigenvalue weighted by atomic mass is 9.99. The van der Waals surface area contributed by atoms with Gasteiger partial charge in [0.1, 0.15) is 0 Å². The number of fused-ring (bicyclic) bond motifs is 1. The number of hydrogen-bond donors (Lipinski definition) is 0. The minimum Gasteiger partial charge on any atom is -0.493 e. The highest BCUT2D eigenvalue weighted by Crippen LogP contribution is 2.40. The van der Waals surface area contributed by atoms with E-state index in [0.717, 1.165) is 16.7 Å². The van der Waals surface area contributed by atoms with Crippen LogP contribution in [0.5, 0.6) is 17.2 Å². The molecule has 0 saturated heterocycles. The molecule has 38 heavy (non-hydrogen) atoms. The first-order chi connectivity index (χ1) is 18.2. The minimum atomic E-state index is -3.92. The first-order valence-electron chi connectivity index (χ1n) is 12.0. The molecular weight excluding hydrogens is 510 g/mol. The summed E-state index contributed by atoms with van der Waals surface area (Å²) < 4.78 is 45.2. The number of rotatable bonds is 12. The van der Waals surface area contributed by atoms with Crippen molar-refractivity contribution in [3.05, 3.63) is 89.0 Å². The third-order valence-electron chi connectivity index (χ3n) is 6.13. The average molecular weight is 540 g/mol. The number of amides is 2. The van der Waals surface area contributed by atoms with Gasteiger partial charge in [-0.3, -0.25) is 14.5 Å². The maximum atomic E-state index is 13.6. The highest BCUT2D eigenvalue weighted by molar-refractivity contribution is 7.86. The van der Waals surface area contributed by atoms with E-state index < -0.39 is 28.0 Å². The molecule has 0 unspecified atom stereocenters. The maximum absolute atomic E-state index is 13.6. The molecule has 0 saturated carbocycles. The second kappa shape index (κ2) is 11.7. The van der Waals surface area contributed by atoms with Gasteiger partial charge in [0.2, 0.25) is 0 Å². The van der Waals surface area contributed by atoms with Crippen molar-refractivity contribution in [1.29, 1.82) is 0 Å². The number of ether oxygens (including phenoxy) is 3. The molecule has 0 N–H and O–H groups in total. The summed E-state index contributed by atoms with van der Waals surface area (Å²) in [5, 5.41) is 0. The number of methoxy groups -OCH3 is 2. The molecule has 4 rings (SSSR count). The Kier molecular flexibility index (Phi) is 8.33. The third-order valence-corrected chi connectivity index (χ3v) is 6.61. The van der Waals surface area contributed by atoms with Gasteiger partial charge in [-0.2, -0.15) is 8.42 Å². The Bertz CT molecular complexity index is 1420. The van der Waals surface area contributed by atoms with Crippen LogP contribution in [0.15, 0.2) is 66.7 Å². The van der Waals surface area contributed by atoms with E-state index in [1.165, 1.54) is 32.4 Å². The zero-order chi connectivity index (χ0) is 27.3. The lowest BCUT2D eigenvalue weighted by molar-refractivity contribution is 0.0552. The third kappa shape index (κ3) is 5.98. The van der Waals surface area contributed by atoms with E-state index in [-0.39, 0.29) is 16.9 Å². The van der Waals surface area contributed by atoms with Gasteiger partial charge >= 0.3 is 10.1 Å². The van der Waals surface area contributed by atoms with Gasteiger partial charge in [0.25, 0.3) is 11.8 Å². The molecule has 0 bridgehead atoms. The van der Waals surface area contributed by atoms with Gasteiger partial charge < -0.3 is 18.4 Å². The van der Waals surface area contributed by atoms with Gasteiger partial charge in [0.15, 0.2) is 17.2 Å². The van der Waals surface area contributed by atoms with E-state index >= 15 is 0 Å². The van der Waals surface area contributed by atoms with Crippen LogP contribution < -0.4 is 13.7 Å². The van der Waals surface area contributed by atoms with Gasteiger partial charge in [-0.15, -0.1) is 0 Å². The molecule has 0 spiro atoms. The Morgan fingerprint density at radius 3 is 2.26 bits per heavy atom. The second-order valence-corrected chi connectivity index (χ2v) is 10.3. The summed E-state index contributed by atoms with van der Waals surface area (Å²) >= 11 is 0. The van der Waals surface area contributed by atoms with Crippen molar-refractivity contribution >= 4 is 21.9 Å². The molecule has 9 nitrogen and oxygen atoms in total. The number of hydrogen-bond acceptors (Lipinski definition) is 8. The summed E-state index contributed by atoms with van der Waals surface area (Å²) in [5.74, 6) is -0.383. The smallest absolute Gasteiger partial charge is 0.306 e. The fourth-order valence-corrected chi connectivity index (χ4v) is 4.90. The number of nitrogens with zero attached hydrogens (tertiary/aromatic N) is 1. The average Bonchev–Trinajstić information content (AvgIpc) is 3.16. The first kappa shape index (κ1) is 27.2. The molecular formula is C28H29NO8S. The number of imide groups is 1. The van der Waals surface area contributed by atoms with Crippen LogP contribution >= 0.6 is 0 Å². The number of carbonyl (C=O) groups is 2. The van der Waals surface area contributed by atoms with Crippen molar-refractivity contribution in [3.8, 4) is 17.2 Å². The van der Waals surface area contributed by atoms with Crippen LogP contribution in [-0.4, -0.2) is 52.2 Å². The molecule has 0 aliphatic carbocycles. The molecule has 3 aromatic rings. The molecule has 200 valence electrons. The molecule has 0 fully saturated rings. The van der Waals surface area contributed by atoms with Crippen LogP contribution in [0.1, 0.15) is 50.7 Å². The van der Waals surface area contributed by atoms with Crippen molar-refractivity contribution in [1.82, 2.24) is 4.90 Å². The summed E-state index contributed by atoms with van der Waals surface area (Å²) in [7, 11) is -0.893. The maximum Gasteiger partial charge on any atom is 0.306 e. The van der Waals surface area contributed by atoms with E-state index in [1.54, 1.807) is 18.2 Å². The van der Waals surface area contributed by atoms with Crippen molar-refractivity contribution < 1.29 is 36.4 Å². The van der Waals surface area contributed by atoms with Crippen molar-refractivity contribution in [2.24, 2.45) is 0 Å². The van der Waals surface area contributed by atoms with Gasteiger partial charge in [0, 0.05) is 6.61 Å². The summed E-state index contributed by atoms with van der Waals surface area (Å²) in [6, 6.07) is 18.6. The lowest BCUT2D eigenvalue weighted by Gasteiger charge is -2.27. The predicted molar refractivity (Wildman–Crippen MR) is 140 cm³/mol. The van der Waals surface area contributed by atoms with E-state index in [1.807, 2.05) is 30.3 Å².